The molecule has 1 aliphatic heterocycles. The third-order valence-electron chi connectivity index (χ3n) is 2.94. The Hall–Kier alpha value is -2.04. The van der Waals surface area contributed by atoms with E-state index in [-0.39, 0.29) is 0 Å². The monoisotopic (exact) mass is 249 g/mol. The predicted molar refractivity (Wildman–Crippen MR) is 63.7 cm³/mol. The van der Waals surface area contributed by atoms with Crippen molar-refractivity contribution in [3.63, 3.8) is 0 Å². The molecule has 5 nitrogen and oxygen atoms in total. The number of methoxy groups -OCH3 is 1. The standard InChI is InChI=1S/C13H15NO4/c1-9-11(12(15)17-2)14(13(16)18-9)8-10-6-4-3-5-7-10/h3-7,9,11H,8H2,1-2H3/t9-,11+/m0/s1. The summed E-state index contributed by atoms with van der Waals surface area (Å²) >= 11 is 0. The SMILES string of the molecule is COC(=O)[C@H]1[C@H](C)OC(=O)N1Cc1ccccc1. The molecule has 0 bridgehead atoms. The quantitative estimate of drug-likeness (QED) is 0.763. The maximum absolute atomic E-state index is 11.7. The minimum absolute atomic E-state index is 0.337. The molecule has 18 heavy (non-hydrogen) atoms. The van der Waals surface area contributed by atoms with E-state index in [2.05, 4.69) is 0 Å². The lowest BCUT2D eigenvalue weighted by molar-refractivity contribution is -0.146. The lowest BCUT2D eigenvalue weighted by Gasteiger charge is -2.20. The van der Waals surface area contributed by atoms with Gasteiger partial charge in [0.15, 0.2) is 6.04 Å². The third-order valence-corrected chi connectivity index (χ3v) is 2.94. The second-order valence-corrected chi connectivity index (χ2v) is 4.17. The van der Waals surface area contributed by atoms with Crippen molar-refractivity contribution in [2.45, 2.75) is 25.6 Å². The Bertz CT molecular complexity index is 446. The van der Waals surface area contributed by atoms with Gasteiger partial charge in [0.05, 0.1) is 13.7 Å². The minimum atomic E-state index is -0.678. The zero-order chi connectivity index (χ0) is 13.1. The van der Waals surface area contributed by atoms with Gasteiger partial charge in [-0.2, -0.15) is 0 Å². The number of rotatable bonds is 3. The molecule has 0 radical (unpaired) electrons. The van der Waals surface area contributed by atoms with Crippen LogP contribution in [0.3, 0.4) is 0 Å². The van der Waals surface area contributed by atoms with Crippen molar-refractivity contribution < 1.29 is 19.1 Å². The number of ether oxygens (including phenoxy) is 2. The van der Waals surface area contributed by atoms with Crippen LogP contribution in [0.25, 0.3) is 0 Å². The number of hydrogen-bond donors (Lipinski definition) is 0. The van der Waals surface area contributed by atoms with Gasteiger partial charge in [0.1, 0.15) is 6.10 Å². The van der Waals surface area contributed by atoms with E-state index in [1.54, 1.807) is 6.92 Å². The first-order valence-electron chi connectivity index (χ1n) is 5.72. The highest BCUT2D eigenvalue weighted by atomic mass is 16.6. The van der Waals surface area contributed by atoms with Crippen LogP contribution >= 0.6 is 0 Å². The summed E-state index contributed by atoms with van der Waals surface area (Å²) in [6.07, 6.45) is -0.976. The molecule has 1 fully saturated rings. The fourth-order valence-electron chi connectivity index (χ4n) is 2.04. The van der Waals surface area contributed by atoms with Gasteiger partial charge >= 0.3 is 12.1 Å². The molecule has 0 aromatic heterocycles. The van der Waals surface area contributed by atoms with Gasteiger partial charge in [0.25, 0.3) is 0 Å². The molecule has 5 heteroatoms. The summed E-state index contributed by atoms with van der Waals surface area (Å²) in [6.45, 7) is 2.02. The van der Waals surface area contributed by atoms with E-state index in [4.69, 9.17) is 9.47 Å². The Morgan fingerprint density at radius 3 is 2.67 bits per heavy atom. The van der Waals surface area contributed by atoms with E-state index in [1.807, 2.05) is 30.3 Å². The molecule has 0 saturated carbocycles. The first-order valence-corrected chi connectivity index (χ1v) is 5.72. The molecule has 0 unspecified atom stereocenters. The summed E-state index contributed by atoms with van der Waals surface area (Å²) in [5.74, 6) is -0.454. The minimum Gasteiger partial charge on any atom is -0.467 e. The third kappa shape index (κ3) is 2.30. The lowest BCUT2D eigenvalue weighted by Crippen LogP contribution is -2.42. The summed E-state index contributed by atoms with van der Waals surface area (Å²) in [5.41, 5.74) is 0.942. The average molecular weight is 249 g/mol. The molecule has 0 spiro atoms. The molecule has 2 rings (SSSR count). The van der Waals surface area contributed by atoms with Gasteiger partial charge in [-0.15, -0.1) is 0 Å². The summed E-state index contributed by atoms with van der Waals surface area (Å²) in [7, 11) is 1.30. The van der Waals surface area contributed by atoms with E-state index in [9.17, 15) is 9.59 Å². The van der Waals surface area contributed by atoms with Crippen molar-refractivity contribution in [3.05, 3.63) is 35.9 Å². The zero-order valence-electron chi connectivity index (χ0n) is 10.3. The van der Waals surface area contributed by atoms with Gasteiger partial charge in [0, 0.05) is 0 Å². The molecule has 1 amide bonds. The molecule has 1 aromatic carbocycles. The van der Waals surface area contributed by atoms with Crippen LogP contribution in [0.4, 0.5) is 4.79 Å². The van der Waals surface area contributed by atoms with Crippen molar-refractivity contribution in [2.24, 2.45) is 0 Å². The first-order chi connectivity index (χ1) is 8.63. The maximum atomic E-state index is 11.7. The first kappa shape index (κ1) is 12.4. The topological polar surface area (TPSA) is 55.8 Å². The van der Waals surface area contributed by atoms with Crippen molar-refractivity contribution in [1.29, 1.82) is 0 Å². The van der Waals surface area contributed by atoms with Crippen LogP contribution in [0.5, 0.6) is 0 Å². The highest BCUT2D eigenvalue weighted by Crippen LogP contribution is 2.22. The number of amides is 1. The normalized spacial score (nSPS) is 22.8. The molecule has 0 aliphatic carbocycles. The summed E-state index contributed by atoms with van der Waals surface area (Å²) in [5, 5.41) is 0. The number of hydrogen-bond acceptors (Lipinski definition) is 4. The fourth-order valence-corrected chi connectivity index (χ4v) is 2.04. The molecule has 0 N–H and O–H groups in total. The number of carbonyl (C=O) groups is 2. The van der Waals surface area contributed by atoms with Crippen LogP contribution in [0.2, 0.25) is 0 Å². The number of cyclic esters (lactones) is 1. The van der Waals surface area contributed by atoms with Gasteiger partial charge in [-0.3, -0.25) is 4.90 Å². The van der Waals surface area contributed by atoms with Crippen LogP contribution in [0.15, 0.2) is 30.3 Å². The molecule has 1 heterocycles. The van der Waals surface area contributed by atoms with E-state index in [0.717, 1.165) is 5.56 Å². The van der Waals surface area contributed by atoms with Crippen molar-refractivity contribution in [2.75, 3.05) is 7.11 Å². The lowest BCUT2D eigenvalue weighted by atomic mass is 10.1. The number of benzene rings is 1. The van der Waals surface area contributed by atoms with E-state index < -0.39 is 24.2 Å². The summed E-state index contributed by atoms with van der Waals surface area (Å²) in [6, 6.07) is 8.77. The highest BCUT2D eigenvalue weighted by Gasteiger charge is 2.44. The fraction of sp³-hybridized carbons (Fsp3) is 0.385. The van der Waals surface area contributed by atoms with Crippen LogP contribution < -0.4 is 0 Å². The van der Waals surface area contributed by atoms with E-state index >= 15 is 0 Å². The molecule has 2 atom stereocenters. The smallest absolute Gasteiger partial charge is 0.411 e. The van der Waals surface area contributed by atoms with Gasteiger partial charge in [-0.25, -0.2) is 9.59 Å². The predicted octanol–water partition coefficient (Wildman–Crippen LogP) is 1.57. The number of nitrogens with zero attached hydrogens (tertiary/aromatic N) is 1. The van der Waals surface area contributed by atoms with Gasteiger partial charge in [0.2, 0.25) is 0 Å². The van der Waals surface area contributed by atoms with E-state index in [1.165, 1.54) is 12.0 Å². The Kier molecular flexibility index (Phi) is 3.50. The number of carbonyl (C=O) groups excluding carboxylic acids is 2. The van der Waals surface area contributed by atoms with Crippen LogP contribution in [-0.2, 0) is 20.8 Å². The molecule has 1 aliphatic rings. The van der Waals surface area contributed by atoms with Crippen molar-refractivity contribution in [1.82, 2.24) is 4.90 Å². The molecular formula is C13H15NO4. The maximum Gasteiger partial charge on any atom is 0.411 e. The molecule has 96 valence electrons. The molecule has 1 saturated heterocycles. The summed E-state index contributed by atoms with van der Waals surface area (Å²) < 4.78 is 9.78. The Labute approximate surface area is 105 Å². The van der Waals surface area contributed by atoms with Crippen LogP contribution in [0, 0.1) is 0 Å². The van der Waals surface area contributed by atoms with Crippen LogP contribution in [-0.4, -0.2) is 36.2 Å². The van der Waals surface area contributed by atoms with Gasteiger partial charge in [-0.1, -0.05) is 30.3 Å². The van der Waals surface area contributed by atoms with Crippen molar-refractivity contribution >= 4 is 12.1 Å². The summed E-state index contributed by atoms with van der Waals surface area (Å²) in [4.78, 5) is 24.8. The average Bonchev–Trinajstić information content (AvgIpc) is 2.65. The zero-order valence-corrected chi connectivity index (χ0v) is 10.3. The Morgan fingerprint density at radius 1 is 1.39 bits per heavy atom. The second-order valence-electron chi connectivity index (χ2n) is 4.17. The van der Waals surface area contributed by atoms with Crippen molar-refractivity contribution in [3.8, 4) is 0 Å². The van der Waals surface area contributed by atoms with Crippen LogP contribution in [0.1, 0.15) is 12.5 Å². The van der Waals surface area contributed by atoms with Gasteiger partial charge < -0.3 is 9.47 Å². The largest absolute Gasteiger partial charge is 0.467 e. The highest BCUT2D eigenvalue weighted by molar-refractivity contribution is 5.84. The molecule has 1 aromatic rings. The Balaban J connectivity index is 2.18. The second kappa shape index (κ2) is 5.08. The number of esters is 1. The Morgan fingerprint density at radius 2 is 2.06 bits per heavy atom. The molecular weight excluding hydrogens is 234 g/mol. The van der Waals surface area contributed by atoms with Gasteiger partial charge in [-0.05, 0) is 12.5 Å². The van der Waals surface area contributed by atoms with E-state index in [0.29, 0.717) is 6.54 Å².